The number of rotatable bonds is 5. The summed E-state index contributed by atoms with van der Waals surface area (Å²) in [6.07, 6.45) is 2.83. The lowest BCUT2D eigenvalue weighted by Crippen LogP contribution is -2.07. The van der Waals surface area contributed by atoms with Crippen molar-refractivity contribution in [2.24, 2.45) is 5.92 Å². The molecule has 2 aromatic rings. The van der Waals surface area contributed by atoms with Crippen LogP contribution in [0.1, 0.15) is 26.0 Å². The molecular formula is C14H17BrN2O2. The van der Waals surface area contributed by atoms with Gasteiger partial charge in [0.25, 0.3) is 0 Å². The summed E-state index contributed by atoms with van der Waals surface area (Å²) in [5.74, 6) is 1.35. The van der Waals surface area contributed by atoms with Crippen LogP contribution >= 0.6 is 15.9 Å². The van der Waals surface area contributed by atoms with Gasteiger partial charge < -0.3 is 4.74 Å². The molecule has 0 spiro atoms. The van der Waals surface area contributed by atoms with E-state index in [4.69, 9.17) is 4.74 Å². The number of pyridine rings is 1. The number of hydrogen-bond donors (Lipinski definition) is 0. The number of imidazole rings is 1. The Morgan fingerprint density at radius 1 is 1.53 bits per heavy atom. The van der Waals surface area contributed by atoms with E-state index < -0.39 is 0 Å². The van der Waals surface area contributed by atoms with Crippen molar-refractivity contribution >= 4 is 27.4 Å². The summed E-state index contributed by atoms with van der Waals surface area (Å²) in [5.41, 5.74) is 1.55. The maximum atomic E-state index is 11.9. The van der Waals surface area contributed by atoms with E-state index in [1.54, 1.807) is 7.11 Å². The molecule has 19 heavy (non-hydrogen) atoms. The van der Waals surface area contributed by atoms with Crippen molar-refractivity contribution in [2.75, 3.05) is 7.11 Å². The molecule has 0 bridgehead atoms. The Hall–Kier alpha value is -1.36. The lowest BCUT2D eigenvalue weighted by molar-refractivity contribution is -0.119. The highest BCUT2D eigenvalue weighted by atomic mass is 79.9. The minimum absolute atomic E-state index is 0.214. The molecule has 0 amide bonds. The summed E-state index contributed by atoms with van der Waals surface area (Å²) < 4.78 is 7.91. The molecule has 2 heterocycles. The lowest BCUT2D eigenvalue weighted by Gasteiger charge is -2.02. The molecule has 0 fully saturated rings. The average Bonchev–Trinajstić information content (AvgIpc) is 2.64. The van der Waals surface area contributed by atoms with Crippen molar-refractivity contribution < 1.29 is 9.53 Å². The predicted octanol–water partition coefficient (Wildman–Crippen LogP) is 3.26. The summed E-state index contributed by atoms with van der Waals surface area (Å²) in [6, 6.07) is 3.71. The van der Waals surface area contributed by atoms with E-state index in [1.165, 1.54) is 0 Å². The molecule has 2 rings (SSSR count). The molecular weight excluding hydrogens is 308 g/mol. The first-order valence-corrected chi connectivity index (χ1v) is 7.02. The lowest BCUT2D eigenvalue weighted by atomic mass is 10.0. The van der Waals surface area contributed by atoms with E-state index in [9.17, 15) is 4.79 Å². The van der Waals surface area contributed by atoms with Gasteiger partial charge in [0.1, 0.15) is 21.8 Å². The predicted molar refractivity (Wildman–Crippen MR) is 77.6 cm³/mol. The summed E-state index contributed by atoms with van der Waals surface area (Å²) in [6.45, 7) is 4.09. The van der Waals surface area contributed by atoms with Crippen LogP contribution in [0.2, 0.25) is 0 Å². The summed E-state index contributed by atoms with van der Waals surface area (Å²) >= 11 is 3.50. The quantitative estimate of drug-likeness (QED) is 0.847. The summed E-state index contributed by atoms with van der Waals surface area (Å²) in [7, 11) is 1.62. The first-order chi connectivity index (χ1) is 9.01. The molecule has 0 N–H and O–H groups in total. The second-order valence-electron chi connectivity index (χ2n) is 4.96. The van der Waals surface area contributed by atoms with Gasteiger partial charge in [-0.25, -0.2) is 4.98 Å². The highest BCUT2D eigenvalue weighted by molar-refractivity contribution is 9.10. The van der Waals surface area contributed by atoms with Crippen molar-refractivity contribution in [3.8, 4) is 5.75 Å². The number of Topliss-reactive ketones (excluding diaryl/α,β-unsaturated/α-hetero) is 1. The number of methoxy groups -OCH3 is 1. The Balaban J connectivity index is 2.29. The third kappa shape index (κ3) is 3.15. The molecule has 0 saturated heterocycles. The Morgan fingerprint density at radius 2 is 2.26 bits per heavy atom. The van der Waals surface area contributed by atoms with Gasteiger partial charge in [-0.05, 0) is 27.9 Å². The van der Waals surface area contributed by atoms with Crippen LogP contribution in [0, 0.1) is 5.92 Å². The fourth-order valence-electron chi connectivity index (χ4n) is 2.00. The van der Waals surface area contributed by atoms with Gasteiger partial charge in [0.15, 0.2) is 0 Å². The minimum atomic E-state index is 0.214. The van der Waals surface area contributed by atoms with Gasteiger partial charge in [-0.3, -0.25) is 9.20 Å². The SMILES string of the molecule is COc1ccn2c(Br)c(CC(=O)CC(C)C)nc2c1. The van der Waals surface area contributed by atoms with Crippen molar-refractivity contribution in [3.63, 3.8) is 0 Å². The van der Waals surface area contributed by atoms with Crippen LogP contribution in [0.25, 0.3) is 5.65 Å². The molecule has 0 aromatic carbocycles. The normalized spacial score (nSPS) is 11.2. The molecule has 0 radical (unpaired) electrons. The zero-order valence-electron chi connectivity index (χ0n) is 11.3. The number of hydrogen-bond acceptors (Lipinski definition) is 3. The molecule has 0 unspecified atom stereocenters. The van der Waals surface area contributed by atoms with Crippen molar-refractivity contribution in [1.82, 2.24) is 9.38 Å². The second kappa shape index (κ2) is 5.74. The largest absolute Gasteiger partial charge is 0.497 e. The molecule has 0 atom stereocenters. The van der Waals surface area contributed by atoms with Crippen LogP contribution in [0.5, 0.6) is 5.75 Å². The maximum Gasteiger partial charge on any atom is 0.141 e. The Morgan fingerprint density at radius 3 is 2.89 bits per heavy atom. The number of ether oxygens (including phenoxy) is 1. The van der Waals surface area contributed by atoms with E-state index in [0.29, 0.717) is 18.8 Å². The Labute approximate surface area is 120 Å². The molecule has 0 aliphatic carbocycles. The van der Waals surface area contributed by atoms with Gasteiger partial charge in [0.05, 0.1) is 19.2 Å². The minimum Gasteiger partial charge on any atom is -0.497 e. The third-order valence-corrected chi connectivity index (χ3v) is 3.68. The smallest absolute Gasteiger partial charge is 0.141 e. The molecule has 2 aromatic heterocycles. The Bertz CT molecular complexity index is 605. The number of carbonyl (C=O) groups excluding carboxylic acids is 1. The highest BCUT2D eigenvalue weighted by Gasteiger charge is 2.14. The molecule has 5 heteroatoms. The van der Waals surface area contributed by atoms with Gasteiger partial charge in [0.2, 0.25) is 0 Å². The van der Waals surface area contributed by atoms with Crippen LogP contribution in [0.3, 0.4) is 0 Å². The summed E-state index contributed by atoms with van der Waals surface area (Å²) in [4.78, 5) is 16.4. The van der Waals surface area contributed by atoms with E-state index in [2.05, 4.69) is 20.9 Å². The van der Waals surface area contributed by atoms with Gasteiger partial charge in [0, 0.05) is 18.7 Å². The fraction of sp³-hybridized carbons (Fsp3) is 0.429. The highest BCUT2D eigenvalue weighted by Crippen LogP contribution is 2.23. The van der Waals surface area contributed by atoms with Crippen LogP contribution < -0.4 is 4.74 Å². The first-order valence-electron chi connectivity index (χ1n) is 6.23. The van der Waals surface area contributed by atoms with E-state index in [1.807, 2.05) is 36.6 Å². The van der Waals surface area contributed by atoms with Crippen LogP contribution in [0.15, 0.2) is 22.9 Å². The molecule has 0 saturated carbocycles. The van der Waals surface area contributed by atoms with Gasteiger partial charge >= 0.3 is 0 Å². The van der Waals surface area contributed by atoms with Gasteiger partial charge in [-0.2, -0.15) is 0 Å². The van der Waals surface area contributed by atoms with Crippen LogP contribution in [-0.2, 0) is 11.2 Å². The number of ketones is 1. The third-order valence-electron chi connectivity index (χ3n) is 2.84. The zero-order valence-corrected chi connectivity index (χ0v) is 12.9. The monoisotopic (exact) mass is 324 g/mol. The van der Waals surface area contributed by atoms with E-state index in [-0.39, 0.29) is 5.78 Å². The number of fused-ring (bicyclic) bond motifs is 1. The number of aromatic nitrogens is 2. The Kier molecular flexibility index (Phi) is 4.24. The van der Waals surface area contributed by atoms with Gasteiger partial charge in [-0.15, -0.1) is 0 Å². The van der Waals surface area contributed by atoms with Crippen LogP contribution in [0.4, 0.5) is 0 Å². The second-order valence-corrected chi connectivity index (χ2v) is 5.71. The molecule has 0 aliphatic heterocycles. The van der Waals surface area contributed by atoms with E-state index in [0.717, 1.165) is 21.7 Å². The molecule has 102 valence electrons. The standard InChI is InChI=1S/C14H17BrN2O2/c1-9(2)6-10(18)7-12-14(15)17-5-4-11(19-3)8-13(17)16-12/h4-5,8-9H,6-7H2,1-3H3. The van der Waals surface area contributed by atoms with Crippen molar-refractivity contribution in [3.05, 3.63) is 28.6 Å². The topological polar surface area (TPSA) is 43.6 Å². The first kappa shape index (κ1) is 14.1. The maximum absolute atomic E-state index is 11.9. The fourth-order valence-corrected chi connectivity index (χ4v) is 2.53. The van der Waals surface area contributed by atoms with Crippen molar-refractivity contribution in [1.29, 1.82) is 0 Å². The van der Waals surface area contributed by atoms with Crippen molar-refractivity contribution in [2.45, 2.75) is 26.7 Å². The molecule has 4 nitrogen and oxygen atoms in total. The number of halogens is 1. The summed E-state index contributed by atoms with van der Waals surface area (Å²) in [5, 5.41) is 0. The molecule has 0 aliphatic rings. The van der Waals surface area contributed by atoms with Crippen LogP contribution in [-0.4, -0.2) is 22.3 Å². The average molecular weight is 325 g/mol. The number of carbonyl (C=O) groups is 1. The number of nitrogens with zero attached hydrogens (tertiary/aromatic N) is 2. The van der Waals surface area contributed by atoms with E-state index >= 15 is 0 Å². The zero-order chi connectivity index (χ0) is 14.0. The van der Waals surface area contributed by atoms with Gasteiger partial charge in [-0.1, -0.05) is 13.8 Å².